The van der Waals surface area contributed by atoms with Crippen molar-refractivity contribution in [3.05, 3.63) is 90.8 Å². The highest BCUT2D eigenvalue weighted by Crippen LogP contribution is 2.46. The fraction of sp³-hybridized carbons (Fsp3) is 0.385. The Balaban J connectivity index is 1.11. The van der Waals surface area contributed by atoms with Crippen molar-refractivity contribution in [2.75, 3.05) is 45.2 Å². The Hall–Kier alpha value is -5.31. The van der Waals surface area contributed by atoms with Gasteiger partial charge < -0.3 is 25.4 Å². The largest absolute Gasteiger partial charge is 0.481 e. The molecule has 1 aliphatic carbocycles. The van der Waals surface area contributed by atoms with Crippen LogP contribution in [0.1, 0.15) is 41.4 Å². The van der Waals surface area contributed by atoms with Crippen LogP contribution in [-0.2, 0) is 20.5 Å². The van der Waals surface area contributed by atoms with Crippen LogP contribution in [0.15, 0.2) is 52.1 Å². The van der Waals surface area contributed by atoms with Crippen molar-refractivity contribution in [2.24, 2.45) is 14.1 Å². The third-order valence-electron chi connectivity index (χ3n) is 11.2. The SMILES string of the molecule is COc1nc(-c2cccc(-c3cccc(Nc4nc(C)nc5c4c(=O)n(C)c(=O)n5C)c3C)c2Cl)cc2c1[C@@H](N1CC[C@]3(CN(CCO)C(=O)N3)C1)CC2. The molecular formula is C39H42ClN9O5. The fourth-order valence-electron chi connectivity index (χ4n) is 8.51. The minimum absolute atomic E-state index is 0.0554. The van der Waals surface area contributed by atoms with E-state index in [1.54, 1.807) is 26.0 Å². The Morgan fingerprint density at radius 1 is 1.02 bits per heavy atom. The second-order valence-electron chi connectivity index (χ2n) is 14.5. The third-order valence-corrected chi connectivity index (χ3v) is 11.6. The van der Waals surface area contributed by atoms with Crippen LogP contribution >= 0.6 is 11.6 Å². The number of nitrogens with zero attached hydrogens (tertiary/aromatic N) is 7. The molecule has 2 fully saturated rings. The Morgan fingerprint density at radius 3 is 2.56 bits per heavy atom. The number of pyridine rings is 1. The number of aryl methyl sites for hydroxylation is 3. The number of ether oxygens (including phenoxy) is 1. The predicted octanol–water partition coefficient (Wildman–Crippen LogP) is 4.23. The van der Waals surface area contributed by atoms with E-state index in [1.807, 2.05) is 43.3 Å². The molecule has 0 bridgehead atoms. The lowest BCUT2D eigenvalue weighted by molar-refractivity contribution is 0.193. The first kappa shape index (κ1) is 35.7. The molecular weight excluding hydrogens is 710 g/mol. The maximum absolute atomic E-state index is 13.3. The molecule has 2 saturated heterocycles. The number of fused-ring (bicyclic) bond motifs is 2. The zero-order valence-corrected chi connectivity index (χ0v) is 31.6. The van der Waals surface area contributed by atoms with E-state index in [1.165, 1.54) is 17.2 Å². The van der Waals surface area contributed by atoms with Gasteiger partial charge in [0.2, 0.25) is 5.88 Å². The van der Waals surface area contributed by atoms with Crippen molar-refractivity contribution in [1.29, 1.82) is 0 Å². The van der Waals surface area contributed by atoms with Crippen LogP contribution in [0, 0.1) is 13.8 Å². The van der Waals surface area contributed by atoms with E-state index in [4.69, 9.17) is 21.3 Å². The van der Waals surface area contributed by atoms with Gasteiger partial charge in [0.1, 0.15) is 17.0 Å². The van der Waals surface area contributed by atoms with E-state index >= 15 is 0 Å². The van der Waals surface area contributed by atoms with Crippen LogP contribution in [0.2, 0.25) is 5.02 Å². The molecule has 5 aromatic rings. The lowest BCUT2D eigenvalue weighted by Gasteiger charge is -2.28. The predicted molar refractivity (Wildman–Crippen MR) is 207 cm³/mol. The number of likely N-dealkylation sites (tertiary alicyclic amines) is 1. The second kappa shape index (κ2) is 13.5. The molecule has 0 saturated carbocycles. The summed E-state index contributed by atoms with van der Waals surface area (Å²) in [6.45, 7) is 6.12. The number of β-amino-alcohol motifs (C(OH)–C–C–N with tert-alkyl or cyclic N) is 1. The van der Waals surface area contributed by atoms with Gasteiger partial charge in [-0.1, -0.05) is 41.9 Å². The van der Waals surface area contributed by atoms with E-state index in [9.17, 15) is 19.5 Å². The second-order valence-corrected chi connectivity index (χ2v) is 14.9. The highest BCUT2D eigenvalue weighted by molar-refractivity contribution is 6.36. The Kier molecular flexibility index (Phi) is 8.94. The molecule has 54 heavy (non-hydrogen) atoms. The Labute approximate surface area is 316 Å². The van der Waals surface area contributed by atoms with Crippen molar-refractivity contribution in [3.63, 3.8) is 0 Å². The number of methoxy groups -OCH3 is 1. The quantitative estimate of drug-likeness (QED) is 0.210. The van der Waals surface area contributed by atoms with E-state index in [-0.39, 0.29) is 35.3 Å². The number of aliphatic hydroxyl groups excluding tert-OH is 1. The number of carbonyl (C=O) groups is 1. The number of anilines is 2. The van der Waals surface area contributed by atoms with Gasteiger partial charge in [-0.2, -0.15) is 0 Å². The number of urea groups is 1. The molecule has 0 unspecified atom stereocenters. The summed E-state index contributed by atoms with van der Waals surface area (Å²) < 4.78 is 8.36. The van der Waals surface area contributed by atoms with Crippen molar-refractivity contribution in [2.45, 2.75) is 44.7 Å². The molecule has 0 radical (unpaired) electrons. The van der Waals surface area contributed by atoms with Gasteiger partial charge in [0.25, 0.3) is 5.56 Å². The number of aliphatic hydroxyl groups is 1. The lowest BCUT2D eigenvalue weighted by atomic mass is 9.96. The summed E-state index contributed by atoms with van der Waals surface area (Å²) in [4.78, 5) is 56.6. The molecule has 8 rings (SSSR count). The van der Waals surface area contributed by atoms with Crippen LogP contribution in [0.4, 0.5) is 16.3 Å². The van der Waals surface area contributed by atoms with Gasteiger partial charge in [0, 0.05) is 68.7 Å². The molecule has 15 heteroatoms. The maximum atomic E-state index is 13.3. The zero-order chi connectivity index (χ0) is 38.1. The number of aromatic nitrogens is 5. The van der Waals surface area contributed by atoms with Gasteiger partial charge in [-0.05, 0) is 61.9 Å². The molecule has 5 heterocycles. The van der Waals surface area contributed by atoms with Gasteiger partial charge in [-0.25, -0.2) is 24.5 Å². The first-order valence-corrected chi connectivity index (χ1v) is 18.4. The number of nitrogens with one attached hydrogen (secondary N) is 2. The summed E-state index contributed by atoms with van der Waals surface area (Å²) in [6, 6.07) is 13.8. The van der Waals surface area contributed by atoms with Crippen LogP contribution in [0.3, 0.4) is 0 Å². The van der Waals surface area contributed by atoms with Gasteiger partial charge in [0.05, 0.1) is 30.0 Å². The molecule has 2 atom stereocenters. The number of amides is 2. The van der Waals surface area contributed by atoms with Crippen LogP contribution in [0.5, 0.6) is 5.88 Å². The molecule has 3 aliphatic rings. The molecule has 1 spiro atoms. The van der Waals surface area contributed by atoms with Gasteiger partial charge in [-0.3, -0.25) is 18.8 Å². The van der Waals surface area contributed by atoms with E-state index < -0.39 is 11.2 Å². The number of hydrogen-bond acceptors (Lipinski definition) is 10. The average molecular weight is 752 g/mol. The highest BCUT2D eigenvalue weighted by Gasteiger charge is 2.49. The fourth-order valence-corrected chi connectivity index (χ4v) is 8.84. The molecule has 3 N–H and O–H groups in total. The molecule has 280 valence electrons. The van der Waals surface area contributed by atoms with Gasteiger partial charge in [0.15, 0.2) is 5.65 Å². The molecule has 3 aromatic heterocycles. The molecule has 14 nitrogen and oxygen atoms in total. The number of halogens is 1. The minimum atomic E-state index is -0.485. The lowest BCUT2D eigenvalue weighted by Crippen LogP contribution is -2.46. The highest BCUT2D eigenvalue weighted by atomic mass is 35.5. The molecule has 2 amide bonds. The summed E-state index contributed by atoms with van der Waals surface area (Å²) in [5.74, 6) is 1.30. The monoisotopic (exact) mass is 751 g/mol. The molecule has 2 aromatic carbocycles. The average Bonchev–Trinajstić information content (AvgIpc) is 3.86. The summed E-state index contributed by atoms with van der Waals surface area (Å²) in [5, 5.41) is 16.7. The zero-order valence-electron chi connectivity index (χ0n) is 30.9. The van der Waals surface area contributed by atoms with Crippen molar-refractivity contribution in [3.8, 4) is 28.3 Å². The van der Waals surface area contributed by atoms with Crippen LogP contribution in [-0.4, -0.2) is 90.5 Å². The normalized spacial score (nSPS) is 19.6. The summed E-state index contributed by atoms with van der Waals surface area (Å²) in [7, 11) is 4.67. The summed E-state index contributed by atoms with van der Waals surface area (Å²) in [6.07, 6.45) is 2.61. The van der Waals surface area contributed by atoms with Gasteiger partial charge >= 0.3 is 11.7 Å². The van der Waals surface area contributed by atoms with Crippen molar-refractivity contribution in [1.82, 2.24) is 39.2 Å². The third kappa shape index (κ3) is 5.79. The first-order valence-electron chi connectivity index (χ1n) is 18.0. The maximum Gasteiger partial charge on any atom is 0.332 e. The van der Waals surface area contributed by atoms with E-state index in [0.29, 0.717) is 35.6 Å². The van der Waals surface area contributed by atoms with Crippen molar-refractivity contribution < 1.29 is 14.6 Å². The Bertz CT molecular complexity index is 2480. The van der Waals surface area contributed by atoms with Crippen LogP contribution in [0.25, 0.3) is 33.4 Å². The smallest absolute Gasteiger partial charge is 0.332 e. The molecule has 2 aliphatic heterocycles. The number of hydrogen-bond donors (Lipinski definition) is 3. The summed E-state index contributed by atoms with van der Waals surface area (Å²) >= 11 is 7.27. The number of benzene rings is 2. The van der Waals surface area contributed by atoms with Crippen LogP contribution < -0.4 is 26.6 Å². The van der Waals surface area contributed by atoms with Crippen molar-refractivity contribution >= 4 is 40.2 Å². The van der Waals surface area contributed by atoms with E-state index in [2.05, 4.69) is 31.6 Å². The Morgan fingerprint density at radius 2 is 1.78 bits per heavy atom. The number of rotatable bonds is 8. The standard InChI is InChI=1S/C39H42ClN9O5/c1-21-24(8-7-11-27(21)43-33-31-34(42-22(2)41-33)46(3)38(53)47(4)36(31)51)25-9-6-10-26(32(25)40)28-18-23-12-13-29(30(23)35(44-28)54-5)48-15-14-39(19-48)20-49(16-17-50)37(52)45-39/h6-11,18,29,50H,12-17,19-20H2,1-5H3,(H,45,52)(H,41,42,43)/t29-,39+/m0/s1. The number of carbonyl (C=O) groups excluding carboxylic acids is 1. The summed E-state index contributed by atoms with van der Waals surface area (Å²) in [5.41, 5.74) is 6.01. The first-order chi connectivity index (χ1) is 25.9. The van der Waals surface area contributed by atoms with E-state index in [0.717, 1.165) is 76.1 Å². The minimum Gasteiger partial charge on any atom is -0.481 e. The topological polar surface area (TPSA) is 160 Å². The van der Waals surface area contributed by atoms with Gasteiger partial charge in [-0.15, -0.1) is 0 Å².